The lowest BCUT2D eigenvalue weighted by molar-refractivity contribution is 0.0778. The molecule has 0 aromatic heterocycles. The molecule has 2 unspecified atom stereocenters. The van der Waals surface area contributed by atoms with Gasteiger partial charge in [-0.15, -0.1) is 0 Å². The molecule has 80 valence electrons. The van der Waals surface area contributed by atoms with Gasteiger partial charge in [0.05, 0.1) is 6.61 Å². The summed E-state index contributed by atoms with van der Waals surface area (Å²) < 4.78 is 5.64. The number of ether oxygens (including phenoxy) is 1. The quantitative estimate of drug-likeness (QED) is 0.596. The highest BCUT2D eigenvalue weighted by Crippen LogP contribution is 2.09. The molecule has 0 aliphatic rings. The van der Waals surface area contributed by atoms with E-state index in [-0.39, 0.29) is 0 Å². The molecule has 0 bridgehead atoms. The molecule has 0 fully saturated rings. The van der Waals surface area contributed by atoms with E-state index in [2.05, 4.69) is 33.4 Å². The van der Waals surface area contributed by atoms with Gasteiger partial charge >= 0.3 is 0 Å². The molecule has 0 radical (unpaired) electrons. The lowest BCUT2D eigenvalue weighted by Crippen LogP contribution is -2.14. The Bertz CT molecular complexity index is 102. The fourth-order valence-corrected chi connectivity index (χ4v) is 1.68. The highest BCUT2D eigenvalue weighted by Gasteiger charge is 2.05. The first-order chi connectivity index (χ1) is 6.24. The van der Waals surface area contributed by atoms with Crippen molar-refractivity contribution in [3.05, 3.63) is 0 Å². The maximum Gasteiger partial charge on any atom is 0.0502 e. The van der Waals surface area contributed by atoms with Crippen molar-refractivity contribution in [1.29, 1.82) is 0 Å². The van der Waals surface area contributed by atoms with E-state index in [1.54, 1.807) is 0 Å². The zero-order valence-corrected chi connectivity index (χ0v) is 10.1. The van der Waals surface area contributed by atoms with Crippen LogP contribution in [0.5, 0.6) is 0 Å². The Labute approximate surface area is 88.7 Å². The predicted molar refractivity (Wildman–Crippen MR) is 62.5 cm³/mol. The average molecular weight is 204 g/mol. The summed E-state index contributed by atoms with van der Waals surface area (Å²) in [6.45, 7) is 8.47. The van der Waals surface area contributed by atoms with Crippen LogP contribution in [0.4, 0.5) is 0 Å². The zero-order valence-electron chi connectivity index (χ0n) is 9.25. The van der Waals surface area contributed by atoms with E-state index in [1.807, 2.05) is 0 Å². The lowest BCUT2D eigenvalue weighted by atomic mass is 10.1. The minimum Gasteiger partial charge on any atom is -0.381 e. The summed E-state index contributed by atoms with van der Waals surface area (Å²) in [5.74, 6) is 2.29. The van der Waals surface area contributed by atoms with Gasteiger partial charge in [0, 0.05) is 6.61 Å². The van der Waals surface area contributed by atoms with E-state index in [9.17, 15) is 0 Å². The smallest absolute Gasteiger partial charge is 0.0502 e. The first kappa shape index (κ1) is 13.3. The van der Waals surface area contributed by atoms with Crippen LogP contribution in [0.15, 0.2) is 0 Å². The third-order valence-corrected chi connectivity index (χ3v) is 2.89. The Kier molecular flexibility index (Phi) is 9.10. The van der Waals surface area contributed by atoms with Gasteiger partial charge in [-0.3, -0.25) is 0 Å². The van der Waals surface area contributed by atoms with E-state index in [0.717, 1.165) is 19.0 Å². The van der Waals surface area contributed by atoms with Gasteiger partial charge in [0.2, 0.25) is 0 Å². The molecule has 0 aromatic carbocycles. The van der Waals surface area contributed by atoms with Gasteiger partial charge in [0.1, 0.15) is 0 Å². The van der Waals surface area contributed by atoms with E-state index >= 15 is 0 Å². The molecule has 0 aliphatic carbocycles. The summed E-state index contributed by atoms with van der Waals surface area (Å²) in [7, 11) is 0. The normalized spacial score (nSPS) is 15.7. The Morgan fingerprint density at radius 2 is 1.92 bits per heavy atom. The minimum absolute atomic E-state index is 0.636. The largest absolute Gasteiger partial charge is 0.381 e. The van der Waals surface area contributed by atoms with Crippen molar-refractivity contribution in [3.8, 4) is 0 Å². The van der Waals surface area contributed by atoms with Crippen LogP contribution in [0.1, 0.15) is 40.0 Å². The minimum atomic E-state index is 0.636. The molecule has 1 nitrogen and oxygen atoms in total. The van der Waals surface area contributed by atoms with Gasteiger partial charge < -0.3 is 4.74 Å². The highest BCUT2D eigenvalue weighted by atomic mass is 32.1. The fourth-order valence-electron chi connectivity index (χ4n) is 1.31. The van der Waals surface area contributed by atoms with E-state index < -0.39 is 0 Å². The van der Waals surface area contributed by atoms with Gasteiger partial charge in [-0.05, 0) is 24.0 Å². The molecule has 0 saturated heterocycles. The first-order valence-electron chi connectivity index (χ1n) is 5.43. The van der Waals surface area contributed by atoms with Crippen LogP contribution in [0.25, 0.3) is 0 Å². The van der Waals surface area contributed by atoms with Crippen molar-refractivity contribution in [2.45, 2.75) is 40.0 Å². The Morgan fingerprint density at radius 3 is 2.38 bits per heavy atom. The van der Waals surface area contributed by atoms with Crippen LogP contribution in [0.3, 0.4) is 0 Å². The van der Waals surface area contributed by atoms with Crippen molar-refractivity contribution in [2.75, 3.05) is 19.0 Å². The second-order valence-electron chi connectivity index (χ2n) is 3.89. The van der Waals surface area contributed by atoms with E-state index in [1.165, 1.54) is 19.3 Å². The average Bonchev–Trinajstić information content (AvgIpc) is 2.13. The van der Waals surface area contributed by atoms with Gasteiger partial charge in [0.15, 0.2) is 0 Å². The van der Waals surface area contributed by atoms with Crippen LogP contribution in [-0.2, 0) is 4.74 Å². The predicted octanol–water partition coefficient (Wildman–Crippen LogP) is 3.40. The second-order valence-corrected chi connectivity index (χ2v) is 4.25. The number of thiol groups is 1. The number of hydrogen-bond acceptors (Lipinski definition) is 2. The van der Waals surface area contributed by atoms with Gasteiger partial charge in [-0.25, -0.2) is 0 Å². The molecule has 13 heavy (non-hydrogen) atoms. The zero-order chi connectivity index (χ0) is 10.1. The van der Waals surface area contributed by atoms with Crippen LogP contribution >= 0.6 is 12.6 Å². The van der Waals surface area contributed by atoms with Crippen molar-refractivity contribution in [2.24, 2.45) is 11.8 Å². The maximum absolute atomic E-state index is 5.64. The topological polar surface area (TPSA) is 9.23 Å². The van der Waals surface area contributed by atoms with Crippen LogP contribution in [-0.4, -0.2) is 19.0 Å². The van der Waals surface area contributed by atoms with Crippen LogP contribution < -0.4 is 0 Å². The summed E-state index contributed by atoms with van der Waals surface area (Å²) in [5, 5.41) is 0. The molecule has 0 N–H and O–H groups in total. The Morgan fingerprint density at radius 1 is 1.23 bits per heavy atom. The molecule has 0 rings (SSSR count). The molecule has 2 atom stereocenters. The third kappa shape index (κ3) is 7.39. The fraction of sp³-hybridized carbons (Fsp3) is 1.00. The van der Waals surface area contributed by atoms with E-state index in [4.69, 9.17) is 4.74 Å². The van der Waals surface area contributed by atoms with Crippen molar-refractivity contribution >= 4 is 12.6 Å². The Hall–Kier alpha value is 0.310. The lowest BCUT2D eigenvalue weighted by Gasteiger charge is -2.15. The molecule has 0 spiro atoms. The molecular weight excluding hydrogens is 180 g/mol. The van der Waals surface area contributed by atoms with E-state index in [0.29, 0.717) is 11.8 Å². The van der Waals surface area contributed by atoms with Crippen molar-refractivity contribution in [1.82, 2.24) is 0 Å². The molecule has 0 saturated carbocycles. The standard InChI is InChI=1S/C11H24OS/c1-4-6-10(3)7-12-8-11(5-2)9-13/h10-11,13H,4-9H2,1-3H3. The van der Waals surface area contributed by atoms with Crippen molar-refractivity contribution in [3.63, 3.8) is 0 Å². The molecule has 0 aliphatic heterocycles. The molecule has 0 heterocycles. The first-order valence-corrected chi connectivity index (χ1v) is 6.06. The summed E-state index contributed by atoms with van der Waals surface area (Å²) in [5.41, 5.74) is 0. The Balaban J connectivity index is 3.32. The monoisotopic (exact) mass is 204 g/mol. The van der Waals surface area contributed by atoms with Gasteiger partial charge in [-0.2, -0.15) is 12.6 Å². The molecule has 0 aromatic rings. The van der Waals surface area contributed by atoms with Gasteiger partial charge in [0.25, 0.3) is 0 Å². The SMILES string of the molecule is CCCC(C)COCC(CC)CS. The molecule has 0 amide bonds. The highest BCUT2D eigenvalue weighted by molar-refractivity contribution is 7.80. The molecular formula is C11H24OS. The van der Waals surface area contributed by atoms with Crippen LogP contribution in [0.2, 0.25) is 0 Å². The number of hydrogen-bond donors (Lipinski definition) is 1. The molecule has 2 heteroatoms. The summed E-state index contributed by atoms with van der Waals surface area (Å²) in [6, 6.07) is 0. The second kappa shape index (κ2) is 8.89. The van der Waals surface area contributed by atoms with Crippen LogP contribution in [0, 0.1) is 11.8 Å². The summed E-state index contributed by atoms with van der Waals surface area (Å²) >= 11 is 4.28. The number of rotatable bonds is 8. The van der Waals surface area contributed by atoms with Gasteiger partial charge in [-0.1, -0.05) is 33.6 Å². The third-order valence-electron chi connectivity index (χ3n) is 2.37. The summed E-state index contributed by atoms with van der Waals surface area (Å²) in [6.07, 6.45) is 3.71. The maximum atomic E-state index is 5.64. The van der Waals surface area contributed by atoms with Crippen molar-refractivity contribution < 1.29 is 4.74 Å². The summed E-state index contributed by atoms with van der Waals surface area (Å²) in [4.78, 5) is 0.